The van der Waals surface area contributed by atoms with Gasteiger partial charge in [0.1, 0.15) is 16.9 Å². The van der Waals surface area contributed by atoms with Gasteiger partial charge in [0.05, 0.1) is 6.04 Å². The number of pyridine rings is 1. The van der Waals surface area contributed by atoms with Crippen LogP contribution in [-0.2, 0) is 4.74 Å². The number of likely N-dealkylation sites (tertiary alicyclic amines) is 1. The maximum Gasteiger partial charge on any atom is 0.410 e. The first-order valence-corrected chi connectivity index (χ1v) is 8.53. The van der Waals surface area contributed by atoms with Gasteiger partial charge in [-0.2, -0.15) is 0 Å². The van der Waals surface area contributed by atoms with Gasteiger partial charge in [0, 0.05) is 17.2 Å². The van der Waals surface area contributed by atoms with Crippen molar-refractivity contribution in [3.8, 4) is 0 Å². The molecule has 0 aliphatic carbocycles. The zero-order chi connectivity index (χ0) is 16.8. The fourth-order valence-electron chi connectivity index (χ4n) is 2.87. The summed E-state index contributed by atoms with van der Waals surface area (Å²) in [4.78, 5) is 26.4. The molecular formula is C16H21BrN4O2. The minimum atomic E-state index is -0.506. The molecule has 2 aromatic heterocycles. The molecule has 0 saturated carbocycles. The van der Waals surface area contributed by atoms with Gasteiger partial charge in [-0.1, -0.05) is 6.92 Å². The van der Waals surface area contributed by atoms with E-state index >= 15 is 0 Å². The Morgan fingerprint density at radius 2 is 2.22 bits per heavy atom. The monoisotopic (exact) mass is 380 g/mol. The van der Waals surface area contributed by atoms with Crippen LogP contribution in [0.1, 0.15) is 46.0 Å². The van der Waals surface area contributed by atoms with E-state index in [1.165, 1.54) is 0 Å². The Bertz CT molecular complexity index is 737. The highest BCUT2D eigenvalue weighted by molar-refractivity contribution is 9.10. The predicted octanol–water partition coefficient (Wildman–Crippen LogP) is 4.04. The molecule has 1 aliphatic heterocycles. The molecular weight excluding hydrogens is 360 g/mol. The fraction of sp³-hybridized carbons (Fsp3) is 0.562. The molecule has 2 atom stereocenters. The third kappa shape index (κ3) is 3.49. The molecule has 1 amide bonds. The van der Waals surface area contributed by atoms with Gasteiger partial charge in [-0.3, -0.25) is 4.90 Å². The number of aromatic nitrogens is 3. The minimum absolute atomic E-state index is 0.104. The zero-order valence-corrected chi connectivity index (χ0v) is 15.3. The van der Waals surface area contributed by atoms with Gasteiger partial charge < -0.3 is 9.72 Å². The number of hydrogen-bond acceptors (Lipinski definition) is 4. The molecule has 3 rings (SSSR count). The number of nitrogens with zero attached hydrogens (tertiary/aromatic N) is 3. The number of carbonyl (C=O) groups is 1. The Morgan fingerprint density at radius 1 is 1.48 bits per heavy atom. The Balaban J connectivity index is 1.90. The Labute approximate surface area is 143 Å². The van der Waals surface area contributed by atoms with Crippen LogP contribution in [0.3, 0.4) is 0 Å². The van der Waals surface area contributed by atoms with Gasteiger partial charge in [0.25, 0.3) is 0 Å². The fourth-order valence-corrected chi connectivity index (χ4v) is 3.19. The van der Waals surface area contributed by atoms with E-state index in [-0.39, 0.29) is 12.1 Å². The van der Waals surface area contributed by atoms with E-state index in [1.54, 1.807) is 11.1 Å². The average Bonchev–Trinajstić information content (AvgIpc) is 2.99. The highest BCUT2D eigenvalue weighted by atomic mass is 79.9. The topological polar surface area (TPSA) is 71.1 Å². The molecule has 1 fully saturated rings. The molecule has 1 N–H and O–H groups in total. The van der Waals surface area contributed by atoms with Crippen molar-refractivity contribution in [2.75, 3.05) is 6.54 Å². The predicted molar refractivity (Wildman–Crippen MR) is 91.1 cm³/mol. The van der Waals surface area contributed by atoms with Crippen molar-refractivity contribution >= 4 is 33.2 Å². The third-order valence-corrected chi connectivity index (χ3v) is 4.21. The number of carbonyl (C=O) groups excluding carboxylic acids is 1. The van der Waals surface area contributed by atoms with Crippen molar-refractivity contribution in [3.63, 3.8) is 0 Å². The Kier molecular flexibility index (Phi) is 4.08. The smallest absolute Gasteiger partial charge is 0.410 e. The van der Waals surface area contributed by atoms with Crippen molar-refractivity contribution < 1.29 is 9.53 Å². The molecule has 0 spiro atoms. The maximum atomic E-state index is 12.5. The average molecular weight is 381 g/mol. The molecule has 124 valence electrons. The van der Waals surface area contributed by atoms with Crippen LogP contribution in [0.2, 0.25) is 0 Å². The van der Waals surface area contributed by atoms with Crippen LogP contribution < -0.4 is 0 Å². The largest absolute Gasteiger partial charge is 0.444 e. The summed E-state index contributed by atoms with van der Waals surface area (Å²) in [6.45, 7) is 8.44. The maximum absolute atomic E-state index is 12.5. The number of amides is 1. The lowest BCUT2D eigenvalue weighted by atomic mass is 10.1. The van der Waals surface area contributed by atoms with Crippen LogP contribution in [0.4, 0.5) is 4.79 Å². The first-order valence-electron chi connectivity index (χ1n) is 7.74. The van der Waals surface area contributed by atoms with Gasteiger partial charge >= 0.3 is 6.09 Å². The van der Waals surface area contributed by atoms with E-state index in [2.05, 4.69) is 37.8 Å². The van der Waals surface area contributed by atoms with Crippen LogP contribution >= 0.6 is 15.9 Å². The van der Waals surface area contributed by atoms with Crippen LogP contribution in [0.15, 0.2) is 16.7 Å². The summed E-state index contributed by atoms with van der Waals surface area (Å²) < 4.78 is 6.42. The number of imidazole rings is 1. The van der Waals surface area contributed by atoms with E-state index in [0.717, 1.165) is 27.9 Å². The second-order valence-corrected chi connectivity index (χ2v) is 8.05. The SMILES string of the molecule is C[C@H]1C[C@@H](c2nc3cc(Br)cnc3[nH]2)N(C(=O)OC(C)(C)C)C1. The number of nitrogens with one attached hydrogen (secondary N) is 1. The van der Waals surface area contributed by atoms with Crippen LogP contribution in [0, 0.1) is 5.92 Å². The Morgan fingerprint density at radius 3 is 2.91 bits per heavy atom. The van der Waals surface area contributed by atoms with Crippen LogP contribution in [0.25, 0.3) is 11.2 Å². The lowest BCUT2D eigenvalue weighted by Gasteiger charge is -2.27. The van der Waals surface area contributed by atoms with E-state index in [0.29, 0.717) is 12.5 Å². The minimum Gasteiger partial charge on any atom is -0.444 e. The molecule has 0 bridgehead atoms. The van der Waals surface area contributed by atoms with Crippen LogP contribution in [0.5, 0.6) is 0 Å². The second kappa shape index (κ2) is 5.78. The third-order valence-electron chi connectivity index (χ3n) is 3.78. The van der Waals surface area contributed by atoms with Gasteiger partial charge in [-0.05, 0) is 55.1 Å². The zero-order valence-electron chi connectivity index (χ0n) is 13.8. The van der Waals surface area contributed by atoms with Crippen LogP contribution in [-0.4, -0.2) is 38.1 Å². The summed E-state index contributed by atoms with van der Waals surface area (Å²) in [6, 6.07) is 1.81. The summed E-state index contributed by atoms with van der Waals surface area (Å²) in [5, 5.41) is 0. The molecule has 0 radical (unpaired) electrons. The lowest BCUT2D eigenvalue weighted by Crippen LogP contribution is -2.37. The van der Waals surface area contributed by atoms with E-state index in [1.807, 2.05) is 26.8 Å². The molecule has 2 aromatic rings. The molecule has 3 heterocycles. The molecule has 1 aliphatic rings. The number of ether oxygens (including phenoxy) is 1. The summed E-state index contributed by atoms with van der Waals surface area (Å²) in [7, 11) is 0. The summed E-state index contributed by atoms with van der Waals surface area (Å²) in [6.07, 6.45) is 2.30. The summed E-state index contributed by atoms with van der Waals surface area (Å²) >= 11 is 3.40. The first kappa shape index (κ1) is 16.2. The summed E-state index contributed by atoms with van der Waals surface area (Å²) in [5.74, 6) is 1.17. The quantitative estimate of drug-likeness (QED) is 0.810. The highest BCUT2D eigenvalue weighted by Crippen LogP contribution is 2.35. The number of H-pyrrole nitrogens is 1. The standard InChI is InChI=1S/C16H21BrN4O2/c1-9-5-12(21(8-9)15(22)23-16(2,3)4)14-19-11-6-10(17)7-18-13(11)20-14/h6-7,9,12H,5,8H2,1-4H3,(H,18,19,20)/t9-,12-/m0/s1. The molecule has 7 heteroatoms. The molecule has 0 unspecified atom stereocenters. The van der Waals surface area contributed by atoms with Gasteiger partial charge in [-0.15, -0.1) is 0 Å². The van der Waals surface area contributed by atoms with Crippen molar-refractivity contribution in [2.45, 2.75) is 45.8 Å². The van der Waals surface area contributed by atoms with Crippen molar-refractivity contribution in [3.05, 3.63) is 22.6 Å². The van der Waals surface area contributed by atoms with Gasteiger partial charge in [0.15, 0.2) is 5.65 Å². The first-order chi connectivity index (χ1) is 10.7. The molecule has 6 nitrogen and oxygen atoms in total. The Hall–Kier alpha value is -1.63. The number of rotatable bonds is 1. The van der Waals surface area contributed by atoms with Gasteiger partial charge in [0.2, 0.25) is 0 Å². The van der Waals surface area contributed by atoms with E-state index in [4.69, 9.17) is 4.74 Å². The molecule has 1 saturated heterocycles. The lowest BCUT2D eigenvalue weighted by molar-refractivity contribution is 0.0215. The normalized spacial score (nSPS) is 21.9. The summed E-state index contributed by atoms with van der Waals surface area (Å²) in [5.41, 5.74) is 1.01. The van der Waals surface area contributed by atoms with E-state index in [9.17, 15) is 4.79 Å². The number of halogens is 1. The second-order valence-electron chi connectivity index (χ2n) is 7.13. The number of fused-ring (bicyclic) bond motifs is 1. The number of aromatic amines is 1. The number of hydrogen-bond donors (Lipinski definition) is 1. The van der Waals surface area contributed by atoms with Crippen molar-refractivity contribution in [1.29, 1.82) is 0 Å². The van der Waals surface area contributed by atoms with Crippen molar-refractivity contribution in [1.82, 2.24) is 19.9 Å². The molecule has 0 aromatic carbocycles. The van der Waals surface area contributed by atoms with Crippen molar-refractivity contribution in [2.24, 2.45) is 5.92 Å². The molecule has 23 heavy (non-hydrogen) atoms. The highest BCUT2D eigenvalue weighted by Gasteiger charge is 2.38. The van der Waals surface area contributed by atoms with Gasteiger partial charge in [-0.25, -0.2) is 14.8 Å². The van der Waals surface area contributed by atoms with E-state index < -0.39 is 5.60 Å².